The maximum absolute atomic E-state index is 10.7. The van der Waals surface area contributed by atoms with E-state index in [0.717, 1.165) is 12.2 Å². The molecule has 0 radical (unpaired) electrons. The third-order valence-electron chi connectivity index (χ3n) is 1.22. The molecule has 0 saturated heterocycles. The number of carbonyl (C=O) groups is 2. The van der Waals surface area contributed by atoms with Crippen LogP contribution in [0.5, 0.6) is 0 Å². The standard InChI is InChI=1S/C11H12O4/c1-5-10(12)14-8(3)7-9(4)15-11(13)6-2/h5-6H,1-4,7H2. The Morgan fingerprint density at radius 2 is 1.27 bits per heavy atom. The average Bonchev–Trinajstić information content (AvgIpc) is 2.16. The summed E-state index contributed by atoms with van der Waals surface area (Å²) in [7, 11) is 0. The van der Waals surface area contributed by atoms with E-state index >= 15 is 0 Å². The van der Waals surface area contributed by atoms with Gasteiger partial charge in [0.25, 0.3) is 0 Å². The van der Waals surface area contributed by atoms with Crippen molar-refractivity contribution >= 4 is 11.9 Å². The van der Waals surface area contributed by atoms with Gasteiger partial charge in [-0.05, 0) is 0 Å². The zero-order chi connectivity index (χ0) is 11.8. The van der Waals surface area contributed by atoms with E-state index in [1.807, 2.05) is 0 Å². The van der Waals surface area contributed by atoms with Crippen molar-refractivity contribution in [3.05, 3.63) is 50.0 Å². The van der Waals surface area contributed by atoms with Crippen LogP contribution in [0.25, 0.3) is 0 Å². The maximum atomic E-state index is 10.7. The van der Waals surface area contributed by atoms with Crippen molar-refractivity contribution in [2.24, 2.45) is 0 Å². The minimum atomic E-state index is -0.622. The smallest absolute Gasteiger partial charge is 0.335 e. The van der Waals surface area contributed by atoms with Crippen molar-refractivity contribution in [3.63, 3.8) is 0 Å². The van der Waals surface area contributed by atoms with Crippen LogP contribution >= 0.6 is 0 Å². The fraction of sp³-hybridized carbons (Fsp3) is 0.0909. The molecule has 0 aromatic rings. The van der Waals surface area contributed by atoms with Crippen LogP contribution < -0.4 is 0 Å². The molecular weight excluding hydrogens is 196 g/mol. The summed E-state index contributed by atoms with van der Waals surface area (Å²) in [5, 5.41) is 0. The lowest BCUT2D eigenvalue weighted by Gasteiger charge is -2.07. The largest absolute Gasteiger partial charge is 0.428 e. The van der Waals surface area contributed by atoms with Gasteiger partial charge in [0, 0.05) is 12.2 Å². The molecule has 0 heterocycles. The number of hydrogen-bond donors (Lipinski definition) is 0. The maximum Gasteiger partial charge on any atom is 0.335 e. The van der Waals surface area contributed by atoms with Gasteiger partial charge >= 0.3 is 11.9 Å². The van der Waals surface area contributed by atoms with Crippen LogP contribution in [-0.4, -0.2) is 11.9 Å². The average molecular weight is 208 g/mol. The van der Waals surface area contributed by atoms with Crippen LogP contribution in [0.1, 0.15) is 6.42 Å². The van der Waals surface area contributed by atoms with Gasteiger partial charge in [0.1, 0.15) is 11.5 Å². The van der Waals surface area contributed by atoms with Crippen molar-refractivity contribution < 1.29 is 19.1 Å². The second-order valence-corrected chi connectivity index (χ2v) is 2.50. The molecule has 0 bridgehead atoms. The first-order chi connectivity index (χ1) is 6.99. The SMILES string of the molecule is C=CC(=O)OC(=C)CC(=C)OC(=O)C=C. The Labute approximate surface area is 88.2 Å². The van der Waals surface area contributed by atoms with Crippen LogP contribution in [0.4, 0.5) is 0 Å². The van der Waals surface area contributed by atoms with Gasteiger partial charge in [-0.3, -0.25) is 0 Å². The van der Waals surface area contributed by atoms with Crippen LogP contribution in [0.15, 0.2) is 50.0 Å². The first-order valence-corrected chi connectivity index (χ1v) is 4.03. The van der Waals surface area contributed by atoms with E-state index in [-0.39, 0.29) is 17.9 Å². The molecule has 15 heavy (non-hydrogen) atoms. The van der Waals surface area contributed by atoms with Gasteiger partial charge in [-0.1, -0.05) is 26.3 Å². The monoisotopic (exact) mass is 208 g/mol. The second-order valence-electron chi connectivity index (χ2n) is 2.50. The molecule has 0 fully saturated rings. The second kappa shape index (κ2) is 6.37. The molecule has 4 nitrogen and oxygen atoms in total. The van der Waals surface area contributed by atoms with Crippen molar-refractivity contribution in [1.29, 1.82) is 0 Å². The highest BCUT2D eigenvalue weighted by molar-refractivity contribution is 5.82. The summed E-state index contributed by atoms with van der Waals surface area (Å²) in [6, 6.07) is 0. The minimum Gasteiger partial charge on any atom is -0.428 e. The van der Waals surface area contributed by atoms with E-state index < -0.39 is 11.9 Å². The summed E-state index contributed by atoms with van der Waals surface area (Å²) in [4.78, 5) is 21.5. The molecule has 0 aromatic carbocycles. The number of carbonyl (C=O) groups excluding carboxylic acids is 2. The van der Waals surface area contributed by atoms with Gasteiger partial charge in [0.05, 0.1) is 6.42 Å². The van der Waals surface area contributed by atoms with Crippen molar-refractivity contribution in [1.82, 2.24) is 0 Å². The molecule has 0 N–H and O–H groups in total. The topological polar surface area (TPSA) is 52.6 Å². The Morgan fingerprint density at radius 1 is 0.933 bits per heavy atom. The molecular formula is C11H12O4. The third kappa shape index (κ3) is 6.04. The van der Waals surface area contributed by atoms with Crippen molar-refractivity contribution in [2.75, 3.05) is 0 Å². The van der Waals surface area contributed by atoms with Gasteiger partial charge in [0.15, 0.2) is 0 Å². The van der Waals surface area contributed by atoms with Gasteiger partial charge in [0.2, 0.25) is 0 Å². The van der Waals surface area contributed by atoms with Crippen molar-refractivity contribution in [3.8, 4) is 0 Å². The summed E-state index contributed by atoms with van der Waals surface area (Å²) >= 11 is 0. The lowest BCUT2D eigenvalue weighted by atomic mass is 10.3. The van der Waals surface area contributed by atoms with E-state index in [2.05, 4.69) is 35.8 Å². The molecule has 0 aliphatic carbocycles. The van der Waals surface area contributed by atoms with E-state index in [1.54, 1.807) is 0 Å². The van der Waals surface area contributed by atoms with E-state index in [1.165, 1.54) is 0 Å². The van der Waals surface area contributed by atoms with Crippen LogP contribution in [-0.2, 0) is 19.1 Å². The predicted octanol–water partition coefficient (Wildman–Crippen LogP) is 1.86. The van der Waals surface area contributed by atoms with Gasteiger partial charge in [-0.25, -0.2) is 9.59 Å². The van der Waals surface area contributed by atoms with Crippen molar-refractivity contribution in [2.45, 2.75) is 6.42 Å². The van der Waals surface area contributed by atoms with E-state index in [9.17, 15) is 9.59 Å². The summed E-state index contributed by atoms with van der Waals surface area (Å²) in [6.07, 6.45) is 2.06. The molecule has 0 aliphatic rings. The Kier molecular flexibility index (Phi) is 5.48. The van der Waals surface area contributed by atoms with E-state index in [4.69, 9.17) is 0 Å². The first-order valence-electron chi connectivity index (χ1n) is 4.03. The molecule has 0 rings (SSSR count). The first kappa shape index (κ1) is 12.9. The van der Waals surface area contributed by atoms with Gasteiger partial charge in [-0.2, -0.15) is 0 Å². The fourth-order valence-electron chi connectivity index (χ4n) is 0.660. The Morgan fingerprint density at radius 3 is 1.53 bits per heavy atom. The zero-order valence-corrected chi connectivity index (χ0v) is 8.32. The van der Waals surface area contributed by atoms with Gasteiger partial charge in [-0.15, -0.1) is 0 Å². The molecule has 0 aromatic heterocycles. The Balaban J connectivity index is 4.02. The molecule has 0 saturated carbocycles. The fourth-order valence-corrected chi connectivity index (χ4v) is 0.660. The summed E-state index contributed by atoms with van der Waals surface area (Å²) < 4.78 is 9.31. The third-order valence-corrected chi connectivity index (χ3v) is 1.22. The highest BCUT2D eigenvalue weighted by atomic mass is 16.5. The van der Waals surface area contributed by atoms with Crippen LogP contribution in [0.2, 0.25) is 0 Å². The van der Waals surface area contributed by atoms with E-state index in [0.29, 0.717) is 0 Å². The van der Waals surface area contributed by atoms with Crippen LogP contribution in [0.3, 0.4) is 0 Å². The molecule has 0 amide bonds. The van der Waals surface area contributed by atoms with Gasteiger partial charge < -0.3 is 9.47 Å². The summed E-state index contributed by atoms with van der Waals surface area (Å²) in [6.45, 7) is 13.3. The molecule has 0 spiro atoms. The number of rotatable bonds is 6. The normalized spacial score (nSPS) is 8.53. The summed E-state index contributed by atoms with van der Waals surface area (Å²) in [5.41, 5.74) is 0. The highest BCUT2D eigenvalue weighted by Gasteiger charge is 2.06. The Hall–Kier alpha value is -2.10. The minimum absolute atomic E-state index is 0.0547. The number of esters is 2. The lowest BCUT2D eigenvalue weighted by molar-refractivity contribution is -0.134. The predicted molar refractivity (Wildman–Crippen MR) is 55.5 cm³/mol. The molecule has 0 aliphatic heterocycles. The Bertz CT molecular complexity index is 293. The number of ether oxygens (including phenoxy) is 2. The molecule has 0 atom stereocenters. The quantitative estimate of drug-likeness (QED) is 0.380. The zero-order valence-electron chi connectivity index (χ0n) is 8.32. The summed E-state index contributed by atoms with van der Waals surface area (Å²) in [5.74, 6) is -0.991. The molecule has 0 unspecified atom stereocenters. The molecule has 80 valence electrons. The number of hydrogen-bond acceptors (Lipinski definition) is 4. The van der Waals surface area contributed by atoms with Crippen LogP contribution in [0, 0.1) is 0 Å². The highest BCUT2D eigenvalue weighted by Crippen LogP contribution is 2.10. The molecule has 4 heteroatoms. The lowest BCUT2D eigenvalue weighted by Crippen LogP contribution is -2.04.